The van der Waals surface area contributed by atoms with Gasteiger partial charge in [0.15, 0.2) is 0 Å². The van der Waals surface area contributed by atoms with Gasteiger partial charge in [-0.25, -0.2) is 4.39 Å². The van der Waals surface area contributed by atoms with E-state index in [0.717, 1.165) is 17.3 Å². The van der Waals surface area contributed by atoms with E-state index in [-0.39, 0.29) is 10.9 Å². The van der Waals surface area contributed by atoms with E-state index in [1.165, 1.54) is 18.2 Å². The van der Waals surface area contributed by atoms with Crippen molar-refractivity contribution in [2.75, 3.05) is 11.0 Å². The number of hydrogen-bond acceptors (Lipinski definition) is 1. The average molecular weight is 356 g/mol. The van der Waals surface area contributed by atoms with Crippen LogP contribution in [0.2, 0.25) is 5.02 Å². The monoisotopic (exact) mass is 355 g/mol. The van der Waals surface area contributed by atoms with Gasteiger partial charge >= 0.3 is 0 Å². The van der Waals surface area contributed by atoms with Crippen LogP contribution in [-0.2, 0) is 0 Å². The van der Waals surface area contributed by atoms with Crippen molar-refractivity contribution in [2.45, 2.75) is 12.8 Å². The molecule has 0 spiro atoms. The zero-order chi connectivity index (χ0) is 12.0. The summed E-state index contributed by atoms with van der Waals surface area (Å²) in [6, 6.07) is 3.96. The Labute approximate surface area is 113 Å². The number of halogens is 3. The molecule has 0 saturated heterocycles. The highest BCUT2D eigenvalue weighted by atomic mass is 127. The van der Waals surface area contributed by atoms with Crippen LogP contribution in [0.4, 0.5) is 4.39 Å². The highest BCUT2D eigenvalue weighted by Gasteiger charge is 2.07. The van der Waals surface area contributed by atoms with Gasteiger partial charge in [-0.3, -0.25) is 4.79 Å². The predicted octanol–water partition coefficient (Wildman–Crippen LogP) is 3.42. The van der Waals surface area contributed by atoms with Gasteiger partial charge in [0.1, 0.15) is 5.82 Å². The summed E-state index contributed by atoms with van der Waals surface area (Å²) >= 11 is 7.88. The summed E-state index contributed by atoms with van der Waals surface area (Å²) in [6.07, 6.45) is 2.02. The molecule has 2 nitrogen and oxygen atoms in total. The van der Waals surface area contributed by atoms with Crippen LogP contribution >= 0.6 is 34.2 Å². The molecule has 0 atom stereocenters. The molecule has 0 aliphatic carbocycles. The summed E-state index contributed by atoms with van der Waals surface area (Å²) in [4.78, 5) is 11.6. The second-order valence-electron chi connectivity index (χ2n) is 3.28. The molecule has 0 aromatic heterocycles. The topological polar surface area (TPSA) is 29.1 Å². The number of carbonyl (C=O) groups is 1. The summed E-state index contributed by atoms with van der Waals surface area (Å²) in [5.74, 6) is -0.724. The van der Waals surface area contributed by atoms with Gasteiger partial charge in [0.2, 0.25) is 0 Å². The summed E-state index contributed by atoms with van der Waals surface area (Å²) in [5, 5.41) is 2.73. The molecule has 5 heteroatoms. The molecular formula is C11H12ClFINO. The Kier molecular flexibility index (Phi) is 6.05. The SMILES string of the molecule is O=C(NCCCCI)c1ccc(F)c(Cl)c1. The molecule has 1 amide bonds. The molecule has 0 aliphatic heterocycles. The second-order valence-corrected chi connectivity index (χ2v) is 4.77. The Bertz CT molecular complexity index is 373. The molecular weight excluding hydrogens is 343 g/mol. The maximum Gasteiger partial charge on any atom is 0.251 e. The zero-order valence-electron chi connectivity index (χ0n) is 8.60. The van der Waals surface area contributed by atoms with Crippen LogP contribution in [0.5, 0.6) is 0 Å². The number of carbonyl (C=O) groups excluding carboxylic acids is 1. The molecule has 16 heavy (non-hydrogen) atoms. The second kappa shape index (κ2) is 7.06. The van der Waals surface area contributed by atoms with E-state index >= 15 is 0 Å². The molecule has 1 N–H and O–H groups in total. The lowest BCUT2D eigenvalue weighted by Gasteiger charge is -2.05. The first-order chi connectivity index (χ1) is 7.65. The molecule has 1 rings (SSSR count). The normalized spacial score (nSPS) is 10.2. The number of nitrogens with one attached hydrogen (secondary N) is 1. The summed E-state index contributed by atoms with van der Waals surface area (Å²) in [7, 11) is 0. The first kappa shape index (κ1) is 13.7. The van der Waals surface area contributed by atoms with Crippen molar-refractivity contribution in [3.8, 4) is 0 Å². The van der Waals surface area contributed by atoms with Gasteiger partial charge in [-0.1, -0.05) is 34.2 Å². The first-order valence-corrected chi connectivity index (χ1v) is 6.84. The smallest absolute Gasteiger partial charge is 0.251 e. The Balaban J connectivity index is 2.50. The third-order valence-corrected chi connectivity index (χ3v) is 3.08. The van der Waals surface area contributed by atoms with E-state index < -0.39 is 5.82 Å². The van der Waals surface area contributed by atoms with Crippen molar-refractivity contribution in [1.82, 2.24) is 5.32 Å². The number of unbranched alkanes of at least 4 members (excludes halogenated alkanes) is 1. The van der Waals surface area contributed by atoms with Crippen molar-refractivity contribution >= 4 is 40.1 Å². The maximum absolute atomic E-state index is 12.9. The molecule has 0 aliphatic rings. The third kappa shape index (κ3) is 4.25. The molecule has 1 aromatic rings. The fourth-order valence-corrected chi connectivity index (χ4v) is 1.88. The van der Waals surface area contributed by atoms with Gasteiger partial charge in [-0.05, 0) is 35.5 Å². The minimum absolute atomic E-state index is 0.0279. The largest absolute Gasteiger partial charge is 0.352 e. The minimum Gasteiger partial charge on any atom is -0.352 e. The van der Waals surface area contributed by atoms with Crippen molar-refractivity contribution in [1.29, 1.82) is 0 Å². The third-order valence-electron chi connectivity index (χ3n) is 2.03. The van der Waals surface area contributed by atoms with Crippen LogP contribution in [0.1, 0.15) is 23.2 Å². The van der Waals surface area contributed by atoms with Crippen molar-refractivity contribution in [3.63, 3.8) is 0 Å². The fraction of sp³-hybridized carbons (Fsp3) is 0.364. The van der Waals surface area contributed by atoms with Crippen LogP contribution in [0.15, 0.2) is 18.2 Å². The number of amides is 1. The van der Waals surface area contributed by atoms with Crippen LogP contribution in [0.3, 0.4) is 0 Å². The number of hydrogen-bond donors (Lipinski definition) is 1. The Morgan fingerprint density at radius 1 is 1.44 bits per heavy atom. The van der Waals surface area contributed by atoms with Gasteiger partial charge in [0.05, 0.1) is 5.02 Å². The van der Waals surface area contributed by atoms with E-state index in [1.54, 1.807) is 0 Å². The molecule has 0 radical (unpaired) electrons. The summed E-state index contributed by atoms with van der Waals surface area (Å²) in [6.45, 7) is 0.636. The average Bonchev–Trinajstić information content (AvgIpc) is 2.28. The molecule has 0 unspecified atom stereocenters. The highest BCUT2D eigenvalue weighted by molar-refractivity contribution is 14.1. The quantitative estimate of drug-likeness (QED) is 0.489. The number of benzene rings is 1. The first-order valence-electron chi connectivity index (χ1n) is 4.94. The van der Waals surface area contributed by atoms with Gasteiger partial charge in [-0.15, -0.1) is 0 Å². The van der Waals surface area contributed by atoms with E-state index in [0.29, 0.717) is 12.1 Å². The summed E-state index contributed by atoms with van der Waals surface area (Å²) < 4.78 is 13.9. The van der Waals surface area contributed by atoms with Crippen LogP contribution in [-0.4, -0.2) is 16.9 Å². The molecule has 0 bridgehead atoms. The van der Waals surface area contributed by atoms with E-state index in [1.807, 2.05) is 0 Å². The van der Waals surface area contributed by atoms with Crippen molar-refractivity contribution in [2.24, 2.45) is 0 Å². The van der Waals surface area contributed by atoms with E-state index in [2.05, 4.69) is 27.9 Å². The molecule has 0 heterocycles. The predicted molar refractivity (Wildman–Crippen MR) is 71.9 cm³/mol. The van der Waals surface area contributed by atoms with Gasteiger partial charge in [0.25, 0.3) is 5.91 Å². The fourth-order valence-electron chi connectivity index (χ4n) is 1.16. The van der Waals surface area contributed by atoms with Gasteiger partial charge in [-0.2, -0.15) is 0 Å². The lowest BCUT2D eigenvalue weighted by Crippen LogP contribution is -2.24. The lowest BCUT2D eigenvalue weighted by molar-refractivity contribution is 0.0953. The minimum atomic E-state index is -0.511. The molecule has 0 saturated carbocycles. The Morgan fingerprint density at radius 2 is 2.19 bits per heavy atom. The highest BCUT2D eigenvalue weighted by Crippen LogP contribution is 2.15. The van der Waals surface area contributed by atoms with Crippen LogP contribution in [0, 0.1) is 5.82 Å². The Morgan fingerprint density at radius 3 is 2.81 bits per heavy atom. The Hall–Kier alpha value is -0.360. The van der Waals surface area contributed by atoms with Gasteiger partial charge < -0.3 is 5.32 Å². The standard InChI is InChI=1S/C11H12ClFINO/c12-9-7-8(3-4-10(9)13)11(16)15-6-2-1-5-14/h3-4,7H,1-2,5-6H2,(H,15,16). The number of rotatable bonds is 5. The van der Waals surface area contributed by atoms with Crippen molar-refractivity contribution < 1.29 is 9.18 Å². The van der Waals surface area contributed by atoms with E-state index in [4.69, 9.17) is 11.6 Å². The van der Waals surface area contributed by atoms with Crippen molar-refractivity contribution in [3.05, 3.63) is 34.6 Å². The summed E-state index contributed by atoms with van der Waals surface area (Å²) in [5.41, 5.74) is 0.390. The molecule has 88 valence electrons. The van der Waals surface area contributed by atoms with E-state index in [9.17, 15) is 9.18 Å². The maximum atomic E-state index is 12.9. The van der Waals surface area contributed by atoms with Crippen LogP contribution in [0.25, 0.3) is 0 Å². The molecule has 0 fully saturated rings. The lowest BCUT2D eigenvalue weighted by atomic mass is 10.2. The molecule has 1 aromatic carbocycles. The number of alkyl halides is 1. The zero-order valence-corrected chi connectivity index (χ0v) is 11.5. The van der Waals surface area contributed by atoms with Gasteiger partial charge in [0, 0.05) is 12.1 Å². The van der Waals surface area contributed by atoms with Crippen LogP contribution < -0.4 is 5.32 Å².